The monoisotopic (exact) mass is 178 g/mol. The van der Waals surface area contributed by atoms with Crippen LogP contribution in [0.25, 0.3) is 0 Å². The molecule has 0 saturated heterocycles. The lowest BCUT2D eigenvalue weighted by Crippen LogP contribution is -2.24. The fourth-order valence-electron chi connectivity index (χ4n) is 1.34. The fourth-order valence-corrected chi connectivity index (χ4v) is 2.58. The molecule has 1 saturated carbocycles. The van der Waals surface area contributed by atoms with Crippen LogP contribution in [0.15, 0.2) is 0 Å². The van der Waals surface area contributed by atoms with E-state index in [2.05, 4.69) is 0 Å². The third-order valence-electron chi connectivity index (χ3n) is 1.98. The molecular weight excluding hydrogens is 168 g/mol. The van der Waals surface area contributed by atoms with Gasteiger partial charge in [0.15, 0.2) is 0 Å². The molecule has 11 heavy (non-hydrogen) atoms. The Morgan fingerprint density at radius 2 is 1.73 bits per heavy atom. The van der Waals surface area contributed by atoms with Gasteiger partial charge in [-0.3, -0.25) is 0 Å². The van der Waals surface area contributed by atoms with Gasteiger partial charge in [0.25, 0.3) is 9.84 Å². The van der Waals surface area contributed by atoms with Crippen LogP contribution in [0.1, 0.15) is 25.7 Å². The van der Waals surface area contributed by atoms with Gasteiger partial charge in [-0.15, -0.1) is 0 Å². The predicted molar refractivity (Wildman–Crippen MR) is 39.2 cm³/mol. The Balaban J connectivity index is 2.80. The molecular formula is C6H10O4S. The van der Waals surface area contributed by atoms with E-state index >= 15 is 0 Å². The van der Waals surface area contributed by atoms with Crippen LogP contribution in [-0.4, -0.2) is 24.1 Å². The van der Waals surface area contributed by atoms with E-state index in [0.717, 1.165) is 12.8 Å². The Kier molecular flexibility index (Phi) is 2.17. The quantitative estimate of drug-likeness (QED) is 0.650. The van der Waals surface area contributed by atoms with Crippen molar-refractivity contribution in [2.75, 3.05) is 0 Å². The Bertz CT molecular complexity index is 248. The summed E-state index contributed by atoms with van der Waals surface area (Å²) in [6, 6.07) is 0. The third kappa shape index (κ3) is 1.53. The predicted octanol–water partition coefficient (Wildman–Crippen LogP) is 1.02. The van der Waals surface area contributed by atoms with Crippen LogP contribution < -0.4 is 0 Å². The van der Waals surface area contributed by atoms with Crippen LogP contribution >= 0.6 is 0 Å². The molecule has 0 amide bonds. The molecule has 0 aromatic rings. The zero-order valence-electron chi connectivity index (χ0n) is 5.99. The summed E-state index contributed by atoms with van der Waals surface area (Å²) in [5, 5.41) is 6.01. The smallest absolute Gasteiger partial charge is 0.422 e. The van der Waals surface area contributed by atoms with Gasteiger partial charge in [0.2, 0.25) is 0 Å². The lowest BCUT2D eigenvalue weighted by atomic mass is 10.4. The Hall–Kier alpha value is -0.580. The van der Waals surface area contributed by atoms with E-state index in [1.807, 2.05) is 0 Å². The molecule has 0 aliphatic heterocycles. The van der Waals surface area contributed by atoms with Crippen molar-refractivity contribution in [1.82, 2.24) is 0 Å². The maximum absolute atomic E-state index is 10.9. The SMILES string of the molecule is O=C(O)S(=O)(=O)C1CCCC1. The highest BCUT2D eigenvalue weighted by molar-refractivity contribution is 8.06. The summed E-state index contributed by atoms with van der Waals surface area (Å²) >= 11 is 0. The molecule has 1 aliphatic carbocycles. The minimum atomic E-state index is -3.86. The molecule has 0 spiro atoms. The largest absolute Gasteiger partial charge is 0.470 e. The van der Waals surface area contributed by atoms with Gasteiger partial charge in [-0.25, -0.2) is 13.2 Å². The summed E-state index contributed by atoms with van der Waals surface area (Å²) in [5.41, 5.74) is 0. The topological polar surface area (TPSA) is 71.4 Å². The molecule has 0 unspecified atom stereocenters. The summed E-state index contributed by atoms with van der Waals surface area (Å²) < 4.78 is 21.9. The molecule has 1 fully saturated rings. The number of carbonyl (C=O) groups is 1. The summed E-state index contributed by atoms with van der Waals surface area (Å²) in [7, 11) is -3.86. The molecule has 1 aliphatic rings. The minimum Gasteiger partial charge on any atom is -0.470 e. The van der Waals surface area contributed by atoms with Crippen LogP contribution in [0.3, 0.4) is 0 Å². The van der Waals surface area contributed by atoms with Crippen LogP contribution in [0.4, 0.5) is 4.79 Å². The minimum absolute atomic E-state index is 0.509. The lowest BCUT2D eigenvalue weighted by molar-refractivity contribution is 0.219. The first kappa shape index (κ1) is 8.52. The van der Waals surface area contributed by atoms with Gasteiger partial charge in [0, 0.05) is 0 Å². The molecule has 4 nitrogen and oxygen atoms in total. The van der Waals surface area contributed by atoms with Crippen molar-refractivity contribution >= 4 is 15.1 Å². The first-order valence-electron chi connectivity index (χ1n) is 3.52. The van der Waals surface area contributed by atoms with Gasteiger partial charge >= 0.3 is 5.30 Å². The highest BCUT2D eigenvalue weighted by atomic mass is 32.2. The van der Waals surface area contributed by atoms with Crippen molar-refractivity contribution in [2.24, 2.45) is 0 Å². The average Bonchev–Trinajstić information content (AvgIpc) is 2.37. The van der Waals surface area contributed by atoms with Crippen LogP contribution in [0.5, 0.6) is 0 Å². The highest BCUT2D eigenvalue weighted by Crippen LogP contribution is 2.25. The molecule has 5 heteroatoms. The zero-order valence-corrected chi connectivity index (χ0v) is 6.80. The van der Waals surface area contributed by atoms with Crippen molar-refractivity contribution in [2.45, 2.75) is 30.9 Å². The van der Waals surface area contributed by atoms with E-state index in [1.165, 1.54) is 0 Å². The van der Waals surface area contributed by atoms with E-state index < -0.39 is 20.4 Å². The first-order valence-corrected chi connectivity index (χ1v) is 5.06. The summed E-state index contributed by atoms with van der Waals surface area (Å²) in [6.07, 6.45) is 2.68. The molecule has 0 heterocycles. The summed E-state index contributed by atoms with van der Waals surface area (Å²) in [5.74, 6) is 0. The Morgan fingerprint density at radius 3 is 2.09 bits per heavy atom. The number of rotatable bonds is 1. The standard InChI is InChI=1S/C6H10O4S/c7-6(8)11(9,10)5-3-1-2-4-5/h5H,1-4H2,(H,7,8). The lowest BCUT2D eigenvalue weighted by Gasteiger charge is -2.04. The van der Waals surface area contributed by atoms with E-state index in [9.17, 15) is 13.2 Å². The van der Waals surface area contributed by atoms with Crippen molar-refractivity contribution < 1.29 is 18.3 Å². The molecule has 0 radical (unpaired) electrons. The van der Waals surface area contributed by atoms with Crippen molar-refractivity contribution in [3.05, 3.63) is 0 Å². The highest BCUT2D eigenvalue weighted by Gasteiger charge is 2.34. The van der Waals surface area contributed by atoms with Crippen molar-refractivity contribution in [3.63, 3.8) is 0 Å². The Morgan fingerprint density at radius 1 is 1.27 bits per heavy atom. The Labute approximate surface area is 65.1 Å². The van der Waals surface area contributed by atoms with Crippen molar-refractivity contribution in [3.8, 4) is 0 Å². The molecule has 64 valence electrons. The van der Waals surface area contributed by atoms with Gasteiger partial charge in [0.1, 0.15) is 0 Å². The second kappa shape index (κ2) is 2.81. The van der Waals surface area contributed by atoms with E-state index in [4.69, 9.17) is 5.11 Å². The van der Waals surface area contributed by atoms with Gasteiger partial charge < -0.3 is 5.11 Å². The third-order valence-corrected chi connectivity index (χ3v) is 3.82. The molecule has 0 bridgehead atoms. The second-order valence-corrected chi connectivity index (χ2v) is 4.82. The maximum Gasteiger partial charge on any atom is 0.422 e. The number of hydrogen-bond acceptors (Lipinski definition) is 3. The average molecular weight is 178 g/mol. The van der Waals surface area contributed by atoms with E-state index in [-0.39, 0.29) is 0 Å². The number of carboxylic acid groups (broad SMARTS) is 1. The summed E-state index contributed by atoms with van der Waals surface area (Å²) in [4.78, 5) is 10.2. The van der Waals surface area contributed by atoms with E-state index in [1.54, 1.807) is 0 Å². The molecule has 1 rings (SSSR count). The van der Waals surface area contributed by atoms with Crippen LogP contribution in [-0.2, 0) is 9.84 Å². The van der Waals surface area contributed by atoms with E-state index in [0.29, 0.717) is 12.8 Å². The number of sulfone groups is 1. The number of hydrogen-bond donors (Lipinski definition) is 1. The first-order chi connectivity index (χ1) is 5.05. The zero-order chi connectivity index (χ0) is 8.48. The van der Waals surface area contributed by atoms with Crippen LogP contribution in [0.2, 0.25) is 0 Å². The summed E-state index contributed by atoms with van der Waals surface area (Å²) in [6.45, 7) is 0. The van der Waals surface area contributed by atoms with Crippen LogP contribution in [0, 0.1) is 0 Å². The normalized spacial score (nSPS) is 20.4. The van der Waals surface area contributed by atoms with Crippen molar-refractivity contribution in [1.29, 1.82) is 0 Å². The van der Waals surface area contributed by atoms with Gasteiger partial charge in [-0.2, -0.15) is 0 Å². The molecule has 0 atom stereocenters. The van der Waals surface area contributed by atoms with Gasteiger partial charge in [0.05, 0.1) is 5.25 Å². The van der Waals surface area contributed by atoms with Gasteiger partial charge in [-0.05, 0) is 12.8 Å². The maximum atomic E-state index is 10.9. The molecule has 1 N–H and O–H groups in total. The molecule has 0 aromatic heterocycles. The molecule has 0 aromatic carbocycles. The fraction of sp³-hybridized carbons (Fsp3) is 0.833. The second-order valence-electron chi connectivity index (χ2n) is 2.72. The van der Waals surface area contributed by atoms with Gasteiger partial charge in [-0.1, -0.05) is 12.8 Å².